The highest BCUT2D eigenvalue weighted by atomic mass is 32.1. The molecule has 51 heavy (non-hydrogen) atoms. The van der Waals surface area contributed by atoms with E-state index in [0.29, 0.717) is 0 Å². The Hall–Kier alpha value is -6.42. The number of hydrogen-bond donors (Lipinski definition) is 0. The van der Waals surface area contributed by atoms with Crippen LogP contribution in [-0.2, 0) is 0 Å². The Balaban J connectivity index is 1.14. The SMILES string of the molecule is c1ccc(-c2cccc(-c3cc(-n4c5ccccc5c5cc(-c6ccc7c(c6)sc6ccccc67)ccc54)cc4c3oc3ccccc34)c2)cc1. The van der Waals surface area contributed by atoms with E-state index in [1.54, 1.807) is 0 Å². The molecule has 238 valence electrons. The molecule has 0 N–H and O–H groups in total. The van der Waals surface area contributed by atoms with E-state index in [4.69, 9.17) is 4.42 Å². The van der Waals surface area contributed by atoms with Crippen molar-refractivity contribution in [2.45, 2.75) is 0 Å². The third-order valence-electron chi connectivity index (χ3n) is 10.4. The summed E-state index contributed by atoms with van der Waals surface area (Å²) in [5.41, 5.74) is 12.3. The first-order valence-corrected chi connectivity index (χ1v) is 18.1. The summed E-state index contributed by atoms with van der Waals surface area (Å²) < 4.78 is 11.7. The molecule has 0 amide bonds. The van der Waals surface area contributed by atoms with Gasteiger partial charge in [0.05, 0.1) is 11.0 Å². The highest BCUT2D eigenvalue weighted by Crippen LogP contribution is 2.42. The van der Waals surface area contributed by atoms with E-state index in [-0.39, 0.29) is 0 Å². The molecule has 0 aliphatic heterocycles. The lowest BCUT2D eigenvalue weighted by Crippen LogP contribution is -1.95. The van der Waals surface area contributed by atoms with E-state index >= 15 is 0 Å². The molecule has 2 nitrogen and oxygen atoms in total. The lowest BCUT2D eigenvalue weighted by molar-refractivity contribution is 0.670. The predicted molar refractivity (Wildman–Crippen MR) is 217 cm³/mol. The van der Waals surface area contributed by atoms with Crippen LogP contribution in [0, 0.1) is 0 Å². The number of hydrogen-bond acceptors (Lipinski definition) is 2. The molecule has 0 atom stereocenters. The van der Waals surface area contributed by atoms with Gasteiger partial charge in [-0.2, -0.15) is 0 Å². The standard InChI is InChI=1S/C48H29NOS/c1-2-11-30(12-3-1)31-13-10-14-34(25-31)40-28-35(29-42-37-16-5-8-19-45(37)50-48(40)42)49-43-18-7-4-15-36(43)41-26-32(22-24-44(41)49)33-21-23-39-38-17-6-9-20-46(38)51-47(39)27-33/h1-29H. The first-order valence-electron chi connectivity index (χ1n) is 17.3. The zero-order valence-corrected chi connectivity index (χ0v) is 28.3. The van der Waals surface area contributed by atoms with Gasteiger partial charge in [0.1, 0.15) is 11.2 Å². The monoisotopic (exact) mass is 667 g/mol. The number of para-hydroxylation sites is 2. The number of benzene rings is 8. The number of thiophene rings is 1. The summed E-state index contributed by atoms with van der Waals surface area (Å²) in [5.74, 6) is 0. The fourth-order valence-electron chi connectivity index (χ4n) is 7.99. The average Bonchev–Trinajstić information content (AvgIpc) is 3.87. The van der Waals surface area contributed by atoms with Gasteiger partial charge in [-0.1, -0.05) is 121 Å². The molecule has 3 heteroatoms. The Bertz CT molecular complexity index is 3140. The maximum absolute atomic E-state index is 6.64. The van der Waals surface area contributed by atoms with Crippen LogP contribution >= 0.6 is 11.3 Å². The van der Waals surface area contributed by atoms with Crippen LogP contribution in [0.1, 0.15) is 0 Å². The fraction of sp³-hybridized carbons (Fsp3) is 0. The molecule has 0 aliphatic carbocycles. The summed E-state index contributed by atoms with van der Waals surface area (Å²) in [6.07, 6.45) is 0. The van der Waals surface area contributed by atoms with Gasteiger partial charge in [0.2, 0.25) is 0 Å². The zero-order chi connectivity index (χ0) is 33.5. The fourth-order valence-corrected chi connectivity index (χ4v) is 9.13. The van der Waals surface area contributed by atoms with Gasteiger partial charge in [0.25, 0.3) is 0 Å². The van der Waals surface area contributed by atoms with Crippen molar-refractivity contribution in [2.75, 3.05) is 0 Å². The summed E-state index contributed by atoms with van der Waals surface area (Å²) >= 11 is 1.87. The van der Waals surface area contributed by atoms with Crippen LogP contribution in [0.15, 0.2) is 180 Å². The van der Waals surface area contributed by atoms with Gasteiger partial charge >= 0.3 is 0 Å². The normalized spacial score (nSPS) is 11.9. The van der Waals surface area contributed by atoms with Gasteiger partial charge in [-0.3, -0.25) is 0 Å². The van der Waals surface area contributed by atoms with Crippen LogP contribution in [0.5, 0.6) is 0 Å². The van der Waals surface area contributed by atoms with Crippen LogP contribution in [0.4, 0.5) is 0 Å². The minimum atomic E-state index is 0.896. The van der Waals surface area contributed by atoms with Crippen LogP contribution in [0.25, 0.3) is 103 Å². The molecule has 0 bridgehead atoms. The first kappa shape index (κ1) is 28.4. The van der Waals surface area contributed by atoms with Crippen molar-refractivity contribution in [1.29, 1.82) is 0 Å². The van der Waals surface area contributed by atoms with Crippen molar-refractivity contribution in [1.82, 2.24) is 4.57 Å². The summed E-state index contributed by atoms with van der Waals surface area (Å²) in [5, 5.41) is 7.36. The molecule has 3 aromatic heterocycles. The third kappa shape index (κ3) is 4.42. The maximum Gasteiger partial charge on any atom is 0.143 e. The molecule has 0 spiro atoms. The molecule has 0 aliphatic rings. The highest BCUT2D eigenvalue weighted by Gasteiger charge is 2.19. The van der Waals surface area contributed by atoms with E-state index in [1.165, 1.54) is 64.2 Å². The lowest BCUT2D eigenvalue weighted by atomic mass is 9.97. The van der Waals surface area contributed by atoms with Gasteiger partial charge < -0.3 is 8.98 Å². The number of furan rings is 1. The smallest absolute Gasteiger partial charge is 0.143 e. The summed E-state index contributed by atoms with van der Waals surface area (Å²) in [4.78, 5) is 0. The molecule has 8 aromatic carbocycles. The zero-order valence-electron chi connectivity index (χ0n) is 27.5. The Morgan fingerprint density at radius 1 is 0.373 bits per heavy atom. The lowest BCUT2D eigenvalue weighted by Gasteiger charge is -2.13. The van der Waals surface area contributed by atoms with E-state index in [0.717, 1.165) is 38.8 Å². The molecule has 0 saturated carbocycles. The van der Waals surface area contributed by atoms with E-state index in [9.17, 15) is 0 Å². The van der Waals surface area contributed by atoms with Crippen molar-refractivity contribution >= 4 is 75.3 Å². The molecule has 3 heterocycles. The maximum atomic E-state index is 6.64. The minimum absolute atomic E-state index is 0.896. The second-order valence-corrected chi connectivity index (χ2v) is 14.4. The van der Waals surface area contributed by atoms with Crippen molar-refractivity contribution in [2.24, 2.45) is 0 Å². The van der Waals surface area contributed by atoms with E-state index < -0.39 is 0 Å². The summed E-state index contributed by atoms with van der Waals surface area (Å²) in [7, 11) is 0. The van der Waals surface area contributed by atoms with Gasteiger partial charge in [-0.15, -0.1) is 11.3 Å². The number of rotatable bonds is 4. The molecular weight excluding hydrogens is 639 g/mol. The van der Waals surface area contributed by atoms with Gasteiger partial charge in [-0.25, -0.2) is 0 Å². The van der Waals surface area contributed by atoms with Crippen molar-refractivity contribution in [3.63, 3.8) is 0 Å². The quantitative estimate of drug-likeness (QED) is 0.183. The van der Waals surface area contributed by atoms with Crippen LogP contribution in [0.2, 0.25) is 0 Å². The van der Waals surface area contributed by atoms with Crippen LogP contribution < -0.4 is 0 Å². The Labute approximate surface area is 298 Å². The van der Waals surface area contributed by atoms with Crippen molar-refractivity contribution < 1.29 is 4.42 Å². The average molecular weight is 668 g/mol. The number of nitrogens with zero attached hydrogens (tertiary/aromatic N) is 1. The second-order valence-electron chi connectivity index (χ2n) is 13.3. The molecule has 0 radical (unpaired) electrons. The van der Waals surface area contributed by atoms with Crippen LogP contribution in [0.3, 0.4) is 0 Å². The molecule has 11 aromatic rings. The number of fused-ring (bicyclic) bond motifs is 9. The van der Waals surface area contributed by atoms with E-state index in [2.05, 4.69) is 174 Å². The Kier molecular flexibility index (Phi) is 6.16. The number of aromatic nitrogens is 1. The molecular formula is C48H29NOS. The van der Waals surface area contributed by atoms with Gasteiger partial charge in [0, 0.05) is 53.0 Å². The Morgan fingerprint density at radius 3 is 1.96 bits per heavy atom. The minimum Gasteiger partial charge on any atom is -0.455 e. The molecule has 0 fully saturated rings. The molecule has 0 unspecified atom stereocenters. The van der Waals surface area contributed by atoms with Crippen molar-refractivity contribution in [3.8, 4) is 39.1 Å². The van der Waals surface area contributed by atoms with Crippen molar-refractivity contribution in [3.05, 3.63) is 176 Å². The highest BCUT2D eigenvalue weighted by molar-refractivity contribution is 7.25. The predicted octanol–water partition coefficient (Wildman–Crippen LogP) is 14.1. The van der Waals surface area contributed by atoms with Gasteiger partial charge in [-0.05, 0) is 82.4 Å². The first-order chi connectivity index (χ1) is 25.3. The second kappa shape index (κ2) is 11.0. The van der Waals surface area contributed by atoms with E-state index in [1.807, 2.05) is 17.4 Å². The van der Waals surface area contributed by atoms with Gasteiger partial charge in [0.15, 0.2) is 0 Å². The summed E-state index contributed by atoms with van der Waals surface area (Å²) in [6, 6.07) is 63.7. The third-order valence-corrected chi connectivity index (χ3v) is 11.5. The molecule has 0 saturated heterocycles. The van der Waals surface area contributed by atoms with Crippen LogP contribution in [-0.4, -0.2) is 4.57 Å². The summed E-state index contributed by atoms with van der Waals surface area (Å²) in [6.45, 7) is 0. The largest absolute Gasteiger partial charge is 0.455 e. The molecule has 11 rings (SSSR count). The topological polar surface area (TPSA) is 18.1 Å². The Morgan fingerprint density at radius 2 is 1.04 bits per heavy atom.